The molecule has 1 aromatic rings. The molecule has 0 bridgehead atoms. The van der Waals surface area contributed by atoms with Crippen molar-refractivity contribution < 1.29 is 9.64 Å². The van der Waals surface area contributed by atoms with E-state index in [0.717, 1.165) is 18.8 Å². The van der Waals surface area contributed by atoms with E-state index in [1.165, 1.54) is 31.6 Å². The first kappa shape index (κ1) is 17.0. The van der Waals surface area contributed by atoms with E-state index in [-0.39, 0.29) is 5.41 Å². The molecule has 0 atom stereocenters. The molecule has 0 saturated carbocycles. The Balaban J connectivity index is 2.26. The normalized spacial score (nSPS) is 11.9. The van der Waals surface area contributed by atoms with Crippen molar-refractivity contribution in [2.75, 3.05) is 26.2 Å². The Morgan fingerprint density at radius 2 is 1.55 bits per heavy atom. The highest BCUT2D eigenvalue weighted by molar-refractivity contribution is 5.31. The summed E-state index contributed by atoms with van der Waals surface area (Å²) < 4.78 is 5.81. The molecule has 0 aliphatic rings. The standard InChI is InChI=1S/C18H31NO/c1-6-19(7-2)14-8-9-15-20-17-12-10-16(11-13-17)18(3,4)5/h10-13H,6-9,14-15H2,1-5H3/p+1. The first-order chi connectivity index (χ1) is 9.47. The predicted octanol–water partition coefficient (Wildman–Crippen LogP) is 3.07. The van der Waals surface area contributed by atoms with Gasteiger partial charge in [-0.3, -0.25) is 0 Å². The summed E-state index contributed by atoms with van der Waals surface area (Å²) in [6, 6.07) is 8.54. The topological polar surface area (TPSA) is 13.7 Å². The van der Waals surface area contributed by atoms with Gasteiger partial charge in [-0.15, -0.1) is 0 Å². The summed E-state index contributed by atoms with van der Waals surface area (Å²) >= 11 is 0. The highest BCUT2D eigenvalue weighted by atomic mass is 16.5. The third-order valence-electron chi connectivity index (χ3n) is 3.91. The largest absolute Gasteiger partial charge is 0.494 e. The number of unbranched alkanes of at least 4 members (excludes halogenated alkanes) is 1. The fourth-order valence-corrected chi connectivity index (χ4v) is 2.32. The summed E-state index contributed by atoms with van der Waals surface area (Å²) in [6.45, 7) is 15.8. The molecule has 0 amide bonds. The lowest BCUT2D eigenvalue weighted by atomic mass is 9.87. The van der Waals surface area contributed by atoms with Crippen molar-refractivity contribution in [1.29, 1.82) is 0 Å². The van der Waals surface area contributed by atoms with Gasteiger partial charge in [-0.2, -0.15) is 0 Å². The van der Waals surface area contributed by atoms with Gasteiger partial charge in [0, 0.05) is 0 Å². The third-order valence-corrected chi connectivity index (χ3v) is 3.91. The van der Waals surface area contributed by atoms with Crippen LogP contribution in [-0.4, -0.2) is 26.2 Å². The van der Waals surface area contributed by atoms with E-state index >= 15 is 0 Å². The molecule has 0 radical (unpaired) electrons. The van der Waals surface area contributed by atoms with Crippen molar-refractivity contribution in [1.82, 2.24) is 0 Å². The Hall–Kier alpha value is -1.02. The Morgan fingerprint density at radius 3 is 2.05 bits per heavy atom. The van der Waals surface area contributed by atoms with Crippen molar-refractivity contribution in [3.05, 3.63) is 29.8 Å². The fraction of sp³-hybridized carbons (Fsp3) is 0.667. The minimum absolute atomic E-state index is 0.213. The molecule has 1 aromatic carbocycles. The van der Waals surface area contributed by atoms with Crippen molar-refractivity contribution in [3.63, 3.8) is 0 Å². The number of nitrogens with one attached hydrogen (secondary N) is 1. The van der Waals surface area contributed by atoms with Crippen molar-refractivity contribution in [3.8, 4) is 5.75 Å². The SMILES string of the molecule is CC[NH+](CC)CCCCOc1ccc(C(C)(C)C)cc1. The number of quaternary nitrogens is 1. The van der Waals surface area contributed by atoms with Crippen LogP contribution in [0.5, 0.6) is 5.75 Å². The van der Waals surface area contributed by atoms with Crippen LogP contribution in [0.4, 0.5) is 0 Å². The molecule has 2 nitrogen and oxygen atoms in total. The predicted molar refractivity (Wildman–Crippen MR) is 86.8 cm³/mol. The molecule has 20 heavy (non-hydrogen) atoms. The summed E-state index contributed by atoms with van der Waals surface area (Å²) in [6.07, 6.45) is 2.39. The molecule has 0 aliphatic heterocycles. The van der Waals surface area contributed by atoms with Crippen molar-refractivity contribution >= 4 is 0 Å². The van der Waals surface area contributed by atoms with Crippen molar-refractivity contribution in [2.45, 2.75) is 52.9 Å². The van der Waals surface area contributed by atoms with Gasteiger partial charge in [0.1, 0.15) is 5.75 Å². The molecule has 0 aliphatic carbocycles. The van der Waals surface area contributed by atoms with Crippen LogP contribution in [0.25, 0.3) is 0 Å². The third kappa shape index (κ3) is 5.96. The molecule has 0 aromatic heterocycles. The summed E-state index contributed by atoms with van der Waals surface area (Å²) in [4.78, 5) is 1.68. The highest BCUT2D eigenvalue weighted by Crippen LogP contribution is 2.24. The van der Waals surface area contributed by atoms with Crippen LogP contribution in [0.2, 0.25) is 0 Å². The Kier molecular flexibility index (Phi) is 7.08. The van der Waals surface area contributed by atoms with Gasteiger partial charge in [0.25, 0.3) is 0 Å². The van der Waals surface area contributed by atoms with E-state index in [9.17, 15) is 0 Å². The first-order valence-electron chi connectivity index (χ1n) is 8.04. The molecule has 0 saturated heterocycles. The highest BCUT2D eigenvalue weighted by Gasteiger charge is 2.12. The fourth-order valence-electron chi connectivity index (χ4n) is 2.32. The smallest absolute Gasteiger partial charge is 0.119 e. The van der Waals surface area contributed by atoms with E-state index in [0.29, 0.717) is 0 Å². The van der Waals surface area contributed by atoms with Crippen LogP contribution in [-0.2, 0) is 5.41 Å². The molecule has 2 heteroatoms. The Morgan fingerprint density at radius 1 is 0.950 bits per heavy atom. The molecule has 114 valence electrons. The molecule has 0 heterocycles. The first-order valence-corrected chi connectivity index (χ1v) is 8.04. The van der Waals surface area contributed by atoms with Gasteiger partial charge in [0.05, 0.1) is 26.2 Å². The van der Waals surface area contributed by atoms with Gasteiger partial charge in [-0.05, 0) is 49.8 Å². The second kappa shape index (κ2) is 8.31. The quantitative estimate of drug-likeness (QED) is 0.722. The van der Waals surface area contributed by atoms with Gasteiger partial charge in [-0.25, -0.2) is 0 Å². The van der Waals surface area contributed by atoms with Crippen LogP contribution < -0.4 is 9.64 Å². The average Bonchev–Trinajstić information content (AvgIpc) is 2.42. The maximum absolute atomic E-state index is 5.81. The molecule has 1 rings (SSSR count). The number of hydrogen-bond acceptors (Lipinski definition) is 1. The number of ether oxygens (including phenoxy) is 1. The van der Waals surface area contributed by atoms with E-state index in [2.05, 4.69) is 58.9 Å². The summed E-state index contributed by atoms with van der Waals surface area (Å²) in [5.74, 6) is 0.994. The van der Waals surface area contributed by atoms with Crippen molar-refractivity contribution in [2.24, 2.45) is 0 Å². The van der Waals surface area contributed by atoms with Crippen LogP contribution >= 0.6 is 0 Å². The number of benzene rings is 1. The zero-order valence-corrected chi connectivity index (χ0v) is 14.0. The van der Waals surface area contributed by atoms with E-state index in [1.807, 2.05) is 0 Å². The van der Waals surface area contributed by atoms with Crippen LogP contribution in [0.1, 0.15) is 53.0 Å². The minimum Gasteiger partial charge on any atom is -0.494 e. The molecule has 0 unspecified atom stereocenters. The van der Waals surface area contributed by atoms with Crippen LogP contribution in [0.3, 0.4) is 0 Å². The lowest BCUT2D eigenvalue weighted by Gasteiger charge is -2.19. The van der Waals surface area contributed by atoms with Crippen LogP contribution in [0, 0.1) is 0 Å². The zero-order chi connectivity index (χ0) is 15.0. The summed E-state index contributed by atoms with van der Waals surface area (Å²) in [5, 5.41) is 0. The summed E-state index contributed by atoms with van der Waals surface area (Å²) in [5.41, 5.74) is 1.57. The van der Waals surface area contributed by atoms with Gasteiger partial charge in [-0.1, -0.05) is 32.9 Å². The molecular formula is C18H32NO+. The van der Waals surface area contributed by atoms with E-state index in [1.54, 1.807) is 4.90 Å². The summed E-state index contributed by atoms with van der Waals surface area (Å²) in [7, 11) is 0. The van der Waals surface area contributed by atoms with Gasteiger partial charge in [0.2, 0.25) is 0 Å². The monoisotopic (exact) mass is 278 g/mol. The van der Waals surface area contributed by atoms with Crippen LogP contribution in [0.15, 0.2) is 24.3 Å². The molecular weight excluding hydrogens is 246 g/mol. The zero-order valence-electron chi connectivity index (χ0n) is 14.0. The number of hydrogen-bond donors (Lipinski definition) is 1. The second-order valence-corrected chi connectivity index (χ2v) is 6.54. The lowest BCUT2D eigenvalue weighted by molar-refractivity contribution is -0.896. The Labute approximate surface area is 125 Å². The Bertz CT molecular complexity index is 360. The van der Waals surface area contributed by atoms with Gasteiger partial charge < -0.3 is 9.64 Å². The second-order valence-electron chi connectivity index (χ2n) is 6.54. The minimum atomic E-state index is 0.213. The van der Waals surface area contributed by atoms with Gasteiger partial charge in [0.15, 0.2) is 0 Å². The van der Waals surface area contributed by atoms with E-state index < -0.39 is 0 Å². The number of rotatable bonds is 8. The average molecular weight is 278 g/mol. The maximum Gasteiger partial charge on any atom is 0.119 e. The van der Waals surface area contributed by atoms with E-state index in [4.69, 9.17) is 4.74 Å². The maximum atomic E-state index is 5.81. The van der Waals surface area contributed by atoms with Gasteiger partial charge >= 0.3 is 0 Å². The molecule has 0 spiro atoms. The molecule has 0 fully saturated rings. The molecule has 1 N–H and O–H groups in total. The lowest BCUT2D eigenvalue weighted by Crippen LogP contribution is -3.11.